The first-order chi connectivity index (χ1) is 13.6. The van der Waals surface area contributed by atoms with Gasteiger partial charge in [-0.25, -0.2) is 4.98 Å². The highest BCUT2D eigenvalue weighted by atomic mass is 16.2. The van der Waals surface area contributed by atoms with Crippen LogP contribution in [0.15, 0.2) is 35.4 Å². The summed E-state index contributed by atoms with van der Waals surface area (Å²) in [4.78, 5) is 33.6. The number of carbonyl (C=O) groups excluding carboxylic acids is 1. The number of nitrogens with zero attached hydrogens (tertiary/aromatic N) is 4. The molecule has 1 amide bonds. The van der Waals surface area contributed by atoms with E-state index in [1.54, 1.807) is 30.1 Å². The van der Waals surface area contributed by atoms with Crippen molar-refractivity contribution in [3.05, 3.63) is 63.6 Å². The lowest BCUT2D eigenvalue weighted by molar-refractivity contribution is 0.0951. The van der Waals surface area contributed by atoms with Crippen LogP contribution in [0.5, 0.6) is 0 Å². The Morgan fingerprint density at radius 1 is 1.32 bits per heavy atom. The first-order valence-electron chi connectivity index (χ1n) is 9.45. The lowest BCUT2D eigenvalue weighted by Crippen LogP contribution is -2.35. The van der Waals surface area contributed by atoms with Crippen molar-refractivity contribution in [1.29, 1.82) is 0 Å². The number of H-pyrrole nitrogens is 1. The summed E-state index contributed by atoms with van der Waals surface area (Å²) in [6.07, 6.45) is 7.87. The number of rotatable bonds is 5. The van der Waals surface area contributed by atoms with Gasteiger partial charge < -0.3 is 9.88 Å². The molecule has 1 aliphatic rings. The third-order valence-electron chi connectivity index (χ3n) is 5.08. The Labute approximate surface area is 162 Å². The molecule has 0 radical (unpaired) electrons. The molecule has 1 aliphatic carbocycles. The SMILES string of the molecule is Cn1c2c(cc(C(=O)NCCc3nc(-c4cccnc4)n[nH]3)c1=O)CCCC2. The number of hydrogen-bond acceptors (Lipinski definition) is 5. The molecule has 0 aromatic carbocycles. The van der Waals surface area contributed by atoms with Gasteiger partial charge in [-0.3, -0.25) is 19.7 Å². The highest BCUT2D eigenvalue weighted by molar-refractivity contribution is 5.94. The second-order valence-corrected chi connectivity index (χ2v) is 6.95. The molecule has 28 heavy (non-hydrogen) atoms. The molecule has 0 aliphatic heterocycles. The van der Waals surface area contributed by atoms with E-state index in [9.17, 15) is 9.59 Å². The summed E-state index contributed by atoms with van der Waals surface area (Å²) in [7, 11) is 1.75. The monoisotopic (exact) mass is 378 g/mol. The van der Waals surface area contributed by atoms with E-state index in [1.807, 2.05) is 12.1 Å². The molecule has 144 valence electrons. The van der Waals surface area contributed by atoms with Crippen LogP contribution in [0.25, 0.3) is 11.4 Å². The summed E-state index contributed by atoms with van der Waals surface area (Å²) in [5.74, 6) is 0.886. The van der Waals surface area contributed by atoms with Crippen LogP contribution >= 0.6 is 0 Å². The van der Waals surface area contributed by atoms with Gasteiger partial charge in [-0.05, 0) is 49.4 Å². The largest absolute Gasteiger partial charge is 0.351 e. The number of hydrogen-bond donors (Lipinski definition) is 2. The quantitative estimate of drug-likeness (QED) is 0.698. The van der Waals surface area contributed by atoms with Gasteiger partial charge in [-0.1, -0.05) is 0 Å². The number of pyridine rings is 2. The fraction of sp³-hybridized carbons (Fsp3) is 0.350. The standard InChI is InChI=1S/C20H22N6O2/c1-26-16-7-3-2-5-13(16)11-15(20(26)28)19(27)22-10-8-17-23-18(25-24-17)14-6-4-9-21-12-14/h4,6,9,11-12H,2-3,5,7-8,10H2,1H3,(H,22,27)(H,23,24,25). The van der Waals surface area contributed by atoms with Crippen molar-refractivity contribution in [2.45, 2.75) is 32.1 Å². The maximum absolute atomic E-state index is 12.5. The zero-order chi connectivity index (χ0) is 19.5. The molecule has 3 aromatic heterocycles. The van der Waals surface area contributed by atoms with E-state index in [0.717, 1.165) is 42.5 Å². The number of fused-ring (bicyclic) bond motifs is 1. The number of aromatic amines is 1. The lowest BCUT2D eigenvalue weighted by Gasteiger charge is -2.20. The zero-order valence-corrected chi connectivity index (χ0v) is 15.7. The highest BCUT2D eigenvalue weighted by Crippen LogP contribution is 2.20. The average molecular weight is 378 g/mol. The Kier molecular flexibility index (Phi) is 5.01. The van der Waals surface area contributed by atoms with Gasteiger partial charge in [0, 0.05) is 43.7 Å². The highest BCUT2D eigenvalue weighted by Gasteiger charge is 2.19. The fourth-order valence-electron chi connectivity index (χ4n) is 3.57. The molecule has 0 unspecified atom stereocenters. The zero-order valence-electron chi connectivity index (χ0n) is 15.7. The van der Waals surface area contributed by atoms with Gasteiger partial charge in [0.1, 0.15) is 11.4 Å². The number of nitrogens with one attached hydrogen (secondary N) is 2. The third-order valence-corrected chi connectivity index (χ3v) is 5.08. The molecule has 8 heteroatoms. The van der Waals surface area contributed by atoms with Gasteiger partial charge >= 0.3 is 0 Å². The maximum atomic E-state index is 12.5. The molecule has 0 atom stereocenters. The second kappa shape index (κ2) is 7.75. The van der Waals surface area contributed by atoms with Crippen molar-refractivity contribution < 1.29 is 4.79 Å². The number of amides is 1. The molecule has 0 fully saturated rings. The first kappa shape index (κ1) is 18.1. The van der Waals surface area contributed by atoms with E-state index in [4.69, 9.17) is 0 Å². The number of carbonyl (C=O) groups is 1. The molecule has 3 heterocycles. The summed E-state index contributed by atoms with van der Waals surface area (Å²) >= 11 is 0. The normalized spacial score (nSPS) is 13.2. The minimum atomic E-state index is -0.346. The average Bonchev–Trinajstić information content (AvgIpc) is 3.20. The van der Waals surface area contributed by atoms with E-state index in [1.165, 1.54) is 0 Å². The molecule has 0 spiro atoms. The van der Waals surface area contributed by atoms with Crippen molar-refractivity contribution in [2.24, 2.45) is 7.05 Å². The van der Waals surface area contributed by atoms with Crippen molar-refractivity contribution >= 4 is 5.91 Å². The predicted octanol–water partition coefficient (Wildman–Crippen LogP) is 1.42. The topological polar surface area (TPSA) is 106 Å². The maximum Gasteiger partial charge on any atom is 0.263 e. The van der Waals surface area contributed by atoms with Crippen LogP contribution in [0.3, 0.4) is 0 Å². The van der Waals surface area contributed by atoms with Crippen LogP contribution < -0.4 is 10.9 Å². The predicted molar refractivity (Wildman–Crippen MR) is 104 cm³/mol. The summed E-state index contributed by atoms with van der Waals surface area (Å²) < 4.78 is 1.63. The van der Waals surface area contributed by atoms with Crippen molar-refractivity contribution in [3.8, 4) is 11.4 Å². The van der Waals surface area contributed by atoms with E-state index >= 15 is 0 Å². The van der Waals surface area contributed by atoms with Gasteiger partial charge in [0.25, 0.3) is 11.5 Å². The van der Waals surface area contributed by atoms with Crippen molar-refractivity contribution in [1.82, 2.24) is 30.0 Å². The summed E-state index contributed by atoms with van der Waals surface area (Å²) in [6.45, 7) is 0.362. The molecule has 2 N–H and O–H groups in total. The second-order valence-electron chi connectivity index (χ2n) is 6.95. The number of aryl methyl sites for hydroxylation is 1. The summed E-state index contributed by atoms with van der Waals surface area (Å²) in [6, 6.07) is 5.47. The molecule has 3 aromatic rings. The van der Waals surface area contributed by atoms with Crippen LogP contribution in [0, 0.1) is 0 Å². The molecular formula is C20H22N6O2. The van der Waals surface area contributed by atoms with Crippen LogP contribution in [0.2, 0.25) is 0 Å². The Hall–Kier alpha value is -3.29. The molecule has 0 saturated carbocycles. The number of aromatic nitrogens is 5. The molecule has 8 nitrogen and oxygen atoms in total. The Balaban J connectivity index is 1.41. The van der Waals surface area contributed by atoms with E-state index in [0.29, 0.717) is 24.6 Å². The minimum Gasteiger partial charge on any atom is -0.351 e. The summed E-state index contributed by atoms with van der Waals surface area (Å²) in [5.41, 5.74) is 2.95. The van der Waals surface area contributed by atoms with Crippen molar-refractivity contribution in [2.75, 3.05) is 6.54 Å². The van der Waals surface area contributed by atoms with Crippen molar-refractivity contribution in [3.63, 3.8) is 0 Å². The molecular weight excluding hydrogens is 356 g/mol. The fourth-order valence-corrected chi connectivity index (χ4v) is 3.57. The Morgan fingerprint density at radius 3 is 3.00 bits per heavy atom. The van der Waals surface area contributed by atoms with E-state index in [2.05, 4.69) is 25.5 Å². The Bertz CT molecular complexity index is 1050. The van der Waals surface area contributed by atoms with Gasteiger partial charge in [0.15, 0.2) is 5.82 Å². The smallest absolute Gasteiger partial charge is 0.263 e. The van der Waals surface area contributed by atoms with E-state index < -0.39 is 0 Å². The summed E-state index contributed by atoms with van der Waals surface area (Å²) in [5, 5.41) is 9.87. The van der Waals surface area contributed by atoms with Crippen LogP contribution in [0.1, 0.15) is 40.3 Å². The molecule has 0 bridgehead atoms. The van der Waals surface area contributed by atoms with Crippen LogP contribution in [-0.4, -0.2) is 37.2 Å². The third kappa shape index (κ3) is 3.58. The van der Waals surface area contributed by atoms with Crippen LogP contribution in [0.4, 0.5) is 0 Å². The minimum absolute atomic E-state index is 0.205. The lowest BCUT2D eigenvalue weighted by atomic mass is 9.94. The van der Waals surface area contributed by atoms with Gasteiger partial charge in [0.2, 0.25) is 0 Å². The Morgan fingerprint density at radius 2 is 2.18 bits per heavy atom. The van der Waals surface area contributed by atoms with E-state index in [-0.39, 0.29) is 17.0 Å². The van der Waals surface area contributed by atoms with Gasteiger partial charge in [0.05, 0.1) is 0 Å². The van der Waals surface area contributed by atoms with Gasteiger partial charge in [-0.2, -0.15) is 5.10 Å². The first-order valence-corrected chi connectivity index (χ1v) is 9.45. The van der Waals surface area contributed by atoms with Crippen LogP contribution in [-0.2, 0) is 26.3 Å². The van der Waals surface area contributed by atoms with Gasteiger partial charge in [-0.15, -0.1) is 0 Å². The molecule has 0 saturated heterocycles. The molecule has 4 rings (SSSR count).